The van der Waals surface area contributed by atoms with Gasteiger partial charge in [-0.2, -0.15) is 8.78 Å². The SMILES string of the molecule is CCN1CCC(CNC(=NC)NCc2cc(OC)ccc2OC(F)F)C1.I. The second-order valence-electron chi connectivity index (χ2n) is 6.21. The fraction of sp³-hybridized carbons (Fsp3) is 0.611. The molecule has 1 heterocycles. The molecule has 0 saturated carbocycles. The highest BCUT2D eigenvalue weighted by Gasteiger charge is 2.21. The van der Waals surface area contributed by atoms with E-state index in [-0.39, 0.29) is 29.7 Å². The van der Waals surface area contributed by atoms with Crippen LogP contribution < -0.4 is 20.1 Å². The summed E-state index contributed by atoms with van der Waals surface area (Å²) < 4.78 is 34.9. The number of alkyl halides is 2. The van der Waals surface area contributed by atoms with E-state index in [2.05, 4.69) is 32.2 Å². The summed E-state index contributed by atoms with van der Waals surface area (Å²) in [5, 5.41) is 6.45. The van der Waals surface area contributed by atoms with E-state index in [1.807, 2.05) is 0 Å². The number of methoxy groups -OCH3 is 1. The Morgan fingerprint density at radius 1 is 1.37 bits per heavy atom. The highest BCUT2D eigenvalue weighted by molar-refractivity contribution is 14.0. The van der Waals surface area contributed by atoms with Crippen molar-refractivity contribution < 1.29 is 18.3 Å². The van der Waals surface area contributed by atoms with Crippen LogP contribution in [0.2, 0.25) is 0 Å². The van der Waals surface area contributed by atoms with Gasteiger partial charge < -0.3 is 25.0 Å². The summed E-state index contributed by atoms with van der Waals surface area (Å²) in [6.07, 6.45) is 1.17. The molecule has 0 spiro atoms. The Hall–Kier alpha value is -1.36. The summed E-state index contributed by atoms with van der Waals surface area (Å²) >= 11 is 0. The molecule has 6 nitrogen and oxygen atoms in total. The predicted octanol–water partition coefficient (Wildman–Crippen LogP) is 2.92. The first-order chi connectivity index (χ1) is 12.5. The summed E-state index contributed by atoms with van der Waals surface area (Å²) in [4.78, 5) is 6.62. The predicted molar refractivity (Wildman–Crippen MR) is 113 cm³/mol. The number of rotatable bonds is 8. The maximum absolute atomic E-state index is 12.6. The van der Waals surface area contributed by atoms with Crippen LogP contribution in [0.3, 0.4) is 0 Å². The maximum Gasteiger partial charge on any atom is 0.387 e. The molecule has 1 fully saturated rings. The molecule has 1 aromatic rings. The van der Waals surface area contributed by atoms with E-state index in [1.165, 1.54) is 19.6 Å². The number of benzene rings is 1. The molecule has 1 aliphatic heterocycles. The van der Waals surface area contributed by atoms with E-state index < -0.39 is 6.61 Å². The van der Waals surface area contributed by atoms with E-state index in [9.17, 15) is 8.78 Å². The number of halogens is 3. The van der Waals surface area contributed by atoms with Gasteiger partial charge in [0.25, 0.3) is 0 Å². The van der Waals surface area contributed by atoms with Crippen LogP contribution in [0.1, 0.15) is 18.9 Å². The van der Waals surface area contributed by atoms with Gasteiger partial charge in [0.05, 0.1) is 7.11 Å². The lowest BCUT2D eigenvalue weighted by Gasteiger charge is -2.17. The monoisotopic (exact) mass is 498 g/mol. The van der Waals surface area contributed by atoms with Crippen molar-refractivity contribution in [1.82, 2.24) is 15.5 Å². The van der Waals surface area contributed by atoms with Crippen molar-refractivity contribution in [2.45, 2.75) is 26.5 Å². The number of nitrogens with zero attached hydrogens (tertiary/aromatic N) is 2. The van der Waals surface area contributed by atoms with Crippen LogP contribution in [0.25, 0.3) is 0 Å². The van der Waals surface area contributed by atoms with Crippen molar-refractivity contribution >= 4 is 29.9 Å². The zero-order valence-corrected chi connectivity index (χ0v) is 18.3. The molecule has 0 radical (unpaired) electrons. The lowest BCUT2D eigenvalue weighted by molar-refractivity contribution is -0.0504. The molecule has 0 bridgehead atoms. The second-order valence-corrected chi connectivity index (χ2v) is 6.21. The molecule has 1 aliphatic rings. The molecule has 2 rings (SSSR count). The molecular weight excluding hydrogens is 469 g/mol. The van der Waals surface area contributed by atoms with Gasteiger partial charge in [0.1, 0.15) is 11.5 Å². The van der Waals surface area contributed by atoms with Crippen LogP contribution >= 0.6 is 24.0 Å². The Labute approximate surface area is 176 Å². The fourth-order valence-corrected chi connectivity index (χ4v) is 3.04. The summed E-state index contributed by atoms with van der Waals surface area (Å²) in [7, 11) is 3.21. The zero-order valence-electron chi connectivity index (χ0n) is 16.0. The number of nitrogens with one attached hydrogen (secondary N) is 2. The minimum Gasteiger partial charge on any atom is -0.497 e. The summed E-state index contributed by atoms with van der Waals surface area (Å²) in [6.45, 7) is 3.72. The lowest BCUT2D eigenvalue weighted by atomic mass is 10.1. The van der Waals surface area contributed by atoms with Gasteiger partial charge in [-0.05, 0) is 43.6 Å². The van der Waals surface area contributed by atoms with Crippen molar-refractivity contribution in [2.75, 3.05) is 40.3 Å². The molecule has 1 unspecified atom stereocenters. The Bertz CT molecular complexity index is 605. The smallest absolute Gasteiger partial charge is 0.387 e. The largest absolute Gasteiger partial charge is 0.497 e. The molecule has 0 amide bonds. The van der Waals surface area contributed by atoms with Gasteiger partial charge in [-0.15, -0.1) is 24.0 Å². The molecule has 1 saturated heterocycles. The van der Waals surface area contributed by atoms with Gasteiger partial charge in [0, 0.05) is 32.2 Å². The average molecular weight is 498 g/mol. The molecule has 27 heavy (non-hydrogen) atoms. The third-order valence-electron chi connectivity index (χ3n) is 4.53. The van der Waals surface area contributed by atoms with Crippen LogP contribution in [-0.2, 0) is 6.54 Å². The molecule has 1 atom stereocenters. The fourth-order valence-electron chi connectivity index (χ4n) is 3.04. The summed E-state index contributed by atoms with van der Waals surface area (Å²) in [5.41, 5.74) is 0.575. The Morgan fingerprint density at radius 2 is 2.15 bits per heavy atom. The normalized spacial score (nSPS) is 17.6. The van der Waals surface area contributed by atoms with Crippen LogP contribution in [-0.4, -0.2) is 57.8 Å². The summed E-state index contributed by atoms with van der Waals surface area (Å²) in [6, 6.07) is 4.75. The number of guanidine groups is 1. The van der Waals surface area contributed by atoms with Crippen LogP contribution in [0.5, 0.6) is 11.5 Å². The number of ether oxygens (including phenoxy) is 2. The highest BCUT2D eigenvalue weighted by atomic mass is 127. The number of hydrogen-bond acceptors (Lipinski definition) is 4. The minimum atomic E-state index is -2.87. The van der Waals surface area contributed by atoms with Gasteiger partial charge in [0.2, 0.25) is 0 Å². The van der Waals surface area contributed by atoms with E-state index in [0.717, 1.165) is 26.2 Å². The molecule has 154 valence electrons. The van der Waals surface area contributed by atoms with E-state index in [1.54, 1.807) is 19.2 Å². The summed E-state index contributed by atoms with van der Waals surface area (Å²) in [5.74, 6) is 1.92. The third kappa shape index (κ3) is 7.65. The second kappa shape index (κ2) is 12.2. The average Bonchev–Trinajstić information content (AvgIpc) is 3.10. The van der Waals surface area contributed by atoms with Gasteiger partial charge in [-0.3, -0.25) is 4.99 Å². The van der Waals surface area contributed by atoms with Gasteiger partial charge in [-0.1, -0.05) is 6.92 Å². The highest BCUT2D eigenvalue weighted by Crippen LogP contribution is 2.25. The molecule has 2 N–H and O–H groups in total. The van der Waals surface area contributed by atoms with Crippen molar-refractivity contribution in [1.29, 1.82) is 0 Å². The Balaban J connectivity index is 0.00000364. The first-order valence-corrected chi connectivity index (χ1v) is 8.84. The molecular formula is C18H29F2IN4O2. The molecule has 9 heteroatoms. The third-order valence-corrected chi connectivity index (χ3v) is 4.53. The van der Waals surface area contributed by atoms with Crippen LogP contribution in [0.15, 0.2) is 23.2 Å². The Kier molecular flexibility index (Phi) is 10.7. The topological polar surface area (TPSA) is 58.1 Å². The zero-order chi connectivity index (χ0) is 18.9. The number of aliphatic imine (C=N–C) groups is 1. The molecule has 0 aromatic heterocycles. The maximum atomic E-state index is 12.6. The number of hydrogen-bond donors (Lipinski definition) is 2. The quantitative estimate of drug-likeness (QED) is 0.328. The van der Waals surface area contributed by atoms with Crippen molar-refractivity contribution in [3.8, 4) is 11.5 Å². The van der Waals surface area contributed by atoms with Gasteiger partial charge >= 0.3 is 6.61 Å². The Morgan fingerprint density at radius 3 is 2.74 bits per heavy atom. The number of likely N-dealkylation sites (tertiary alicyclic amines) is 1. The van der Waals surface area contributed by atoms with Crippen LogP contribution in [0.4, 0.5) is 8.78 Å². The van der Waals surface area contributed by atoms with E-state index >= 15 is 0 Å². The first-order valence-electron chi connectivity index (χ1n) is 8.84. The van der Waals surface area contributed by atoms with E-state index in [0.29, 0.717) is 29.7 Å². The lowest BCUT2D eigenvalue weighted by Crippen LogP contribution is -2.40. The van der Waals surface area contributed by atoms with Crippen molar-refractivity contribution in [3.63, 3.8) is 0 Å². The standard InChI is InChI=1S/C18H28F2N4O2.HI/c1-4-24-8-7-13(12-24)10-22-18(21-2)23-11-14-9-15(25-3)5-6-16(14)26-17(19)20;/h5-6,9,13,17H,4,7-8,10-12H2,1-3H3,(H2,21,22,23);1H. The molecule has 1 aromatic carbocycles. The molecule has 0 aliphatic carbocycles. The minimum absolute atomic E-state index is 0. The first kappa shape index (κ1) is 23.7. The van der Waals surface area contributed by atoms with Gasteiger partial charge in [0.15, 0.2) is 5.96 Å². The van der Waals surface area contributed by atoms with Crippen molar-refractivity contribution in [2.24, 2.45) is 10.9 Å². The van der Waals surface area contributed by atoms with Crippen molar-refractivity contribution in [3.05, 3.63) is 23.8 Å². The van der Waals surface area contributed by atoms with Gasteiger partial charge in [-0.25, -0.2) is 0 Å². The van der Waals surface area contributed by atoms with Crippen LogP contribution in [0, 0.1) is 5.92 Å². The van der Waals surface area contributed by atoms with E-state index in [4.69, 9.17) is 4.74 Å².